The number of phenols is 1. The number of Topliss-reactive ketones (excluding diaryl/α,β-unsaturated/α-hetero) is 1. The molecule has 1 spiro atoms. The van der Waals surface area contributed by atoms with E-state index in [1.165, 1.54) is 19.8 Å². The monoisotopic (exact) mass is 495 g/mol. The Kier molecular flexibility index (Phi) is 4.66. The molecule has 3 aliphatic carbocycles. The Labute approximate surface area is 209 Å². The summed E-state index contributed by atoms with van der Waals surface area (Å²) in [5, 5.41) is 26.2. The SMILES string of the molecule is CC(=O)N[C@@H]1CCN(C(=O)C2C[C@@]3(O)[C@H]4Cc5ccc(O)c6c5[C@@]3(CCN4CC3CC3)[C@@H](O6)C2=O)C1. The summed E-state index contributed by atoms with van der Waals surface area (Å²) in [7, 11) is 0. The van der Waals surface area contributed by atoms with Crippen molar-refractivity contribution in [1.82, 2.24) is 15.1 Å². The number of carbonyl (C=O) groups excluding carboxylic acids is 3. The first-order valence-electron chi connectivity index (χ1n) is 13.3. The third-order valence-corrected chi connectivity index (χ3v) is 9.84. The first kappa shape index (κ1) is 22.5. The number of nitrogens with one attached hydrogen (secondary N) is 1. The Hall–Kier alpha value is -2.65. The van der Waals surface area contributed by atoms with Crippen molar-refractivity contribution in [3.63, 3.8) is 0 Å². The zero-order valence-electron chi connectivity index (χ0n) is 20.5. The van der Waals surface area contributed by atoms with Crippen molar-refractivity contribution in [1.29, 1.82) is 0 Å². The molecule has 0 aromatic heterocycles. The molecular weight excluding hydrogens is 462 g/mol. The second-order valence-electron chi connectivity index (χ2n) is 11.9. The summed E-state index contributed by atoms with van der Waals surface area (Å²) < 4.78 is 6.23. The summed E-state index contributed by atoms with van der Waals surface area (Å²) in [6.45, 7) is 3.96. The van der Waals surface area contributed by atoms with Gasteiger partial charge in [0.25, 0.3) is 0 Å². The number of benzene rings is 1. The van der Waals surface area contributed by atoms with Crippen LogP contribution in [0, 0.1) is 11.8 Å². The Morgan fingerprint density at radius 1 is 1.22 bits per heavy atom. The second kappa shape index (κ2) is 7.44. The van der Waals surface area contributed by atoms with Gasteiger partial charge in [0.15, 0.2) is 23.4 Å². The maximum absolute atomic E-state index is 14.0. The van der Waals surface area contributed by atoms with Crippen LogP contribution in [0.25, 0.3) is 0 Å². The number of likely N-dealkylation sites (tertiary alicyclic amines) is 2. The van der Waals surface area contributed by atoms with Crippen molar-refractivity contribution < 1.29 is 29.3 Å². The lowest BCUT2D eigenvalue weighted by atomic mass is 9.47. The van der Waals surface area contributed by atoms with Crippen molar-refractivity contribution >= 4 is 17.6 Å². The Balaban J connectivity index is 1.28. The molecule has 0 radical (unpaired) electrons. The molecule has 9 nitrogen and oxygen atoms in total. The van der Waals surface area contributed by atoms with Gasteiger partial charge in [-0.2, -0.15) is 0 Å². The van der Waals surface area contributed by atoms with E-state index < -0.39 is 23.0 Å². The van der Waals surface area contributed by atoms with Crippen LogP contribution in [-0.4, -0.2) is 87.6 Å². The number of hydrogen-bond acceptors (Lipinski definition) is 7. The summed E-state index contributed by atoms with van der Waals surface area (Å²) in [5.41, 5.74) is -0.460. The van der Waals surface area contributed by atoms with Gasteiger partial charge in [0.1, 0.15) is 5.92 Å². The lowest BCUT2D eigenvalue weighted by molar-refractivity contribution is -0.200. The largest absolute Gasteiger partial charge is 0.504 e. The number of ether oxygens (including phenoxy) is 1. The molecule has 9 heteroatoms. The molecule has 1 unspecified atom stereocenters. The summed E-state index contributed by atoms with van der Waals surface area (Å²) in [6, 6.07) is 3.18. The molecule has 1 aromatic rings. The average molecular weight is 496 g/mol. The van der Waals surface area contributed by atoms with Gasteiger partial charge in [-0.3, -0.25) is 19.3 Å². The molecule has 192 valence electrons. The molecule has 3 aliphatic heterocycles. The Morgan fingerprint density at radius 2 is 2.03 bits per heavy atom. The van der Waals surface area contributed by atoms with E-state index in [1.54, 1.807) is 11.0 Å². The highest BCUT2D eigenvalue weighted by Crippen LogP contribution is 2.65. The van der Waals surface area contributed by atoms with Gasteiger partial charge in [0.2, 0.25) is 11.8 Å². The molecule has 3 N–H and O–H groups in total. The number of phenolic OH excluding ortho intramolecular Hbond substituents is 1. The smallest absolute Gasteiger partial charge is 0.233 e. The van der Waals surface area contributed by atoms with Gasteiger partial charge < -0.3 is 25.2 Å². The van der Waals surface area contributed by atoms with Crippen molar-refractivity contribution in [2.75, 3.05) is 26.2 Å². The van der Waals surface area contributed by atoms with Gasteiger partial charge in [-0.15, -0.1) is 0 Å². The van der Waals surface area contributed by atoms with Crippen LogP contribution < -0.4 is 10.1 Å². The molecule has 7 rings (SSSR count). The van der Waals surface area contributed by atoms with Gasteiger partial charge >= 0.3 is 0 Å². The quantitative estimate of drug-likeness (QED) is 0.520. The average Bonchev–Trinajstić information content (AvgIpc) is 3.40. The van der Waals surface area contributed by atoms with Crippen LogP contribution in [0.2, 0.25) is 0 Å². The van der Waals surface area contributed by atoms with Crippen molar-refractivity contribution in [3.05, 3.63) is 23.3 Å². The lowest BCUT2D eigenvalue weighted by Crippen LogP contribution is -2.78. The van der Waals surface area contributed by atoms with E-state index >= 15 is 0 Å². The lowest BCUT2D eigenvalue weighted by Gasteiger charge is -2.63. The number of ketones is 1. The highest BCUT2D eigenvalue weighted by molar-refractivity contribution is 6.06. The predicted molar refractivity (Wildman–Crippen MR) is 127 cm³/mol. The number of rotatable bonds is 4. The van der Waals surface area contributed by atoms with Crippen LogP contribution in [0.4, 0.5) is 0 Å². The normalized spacial score (nSPS) is 38.5. The molecular formula is C27H33N3O6. The van der Waals surface area contributed by atoms with E-state index in [4.69, 9.17) is 4.74 Å². The van der Waals surface area contributed by atoms with Crippen LogP contribution in [0.15, 0.2) is 12.1 Å². The standard InChI is InChI=1S/C27H33N3O6/c1-14(31)28-17-6-8-30(13-17)25(34)18-11-27(35)20-10-16-4-5-19(32)23-21(16)26(27,24(36-23)22(18)33)7-9-29(20)12-15-2-3-15/h4-5,15,17-18,20,24,32,35H,2-3,6-13H2,1H3,(H,28,31)/t17-,18?,20-,24+,26+,27-/m1/s1. The third-order valence-electron chi connectivity index (χ3n) is 9.84. The van der Waals surface area contributed by atoms with Crippen molar-refractivity contribution in [3.8, 4) is 11.5 Å². The Bertz CT molecular complexity index is 1180. The molecule has 2 amide bonds. The molecule has 6 atom stereocenters. The molecule has 2 bridgehead atoms. The van der Waals surface area contributed by atoms with Crippen molar-refractivity contribution in [2.45, 2.75) is 74.7 Å². The summed E-state index contributed by atoms with van der Waals surface area (Å²) in [4.78, 5) is 43.3. The summed E-state index contributed by atoms with van der Waals surface area (Å²) in [6.07, 6.45) is 3.28. The minimum Gasteiger partial charge on any atom is -0.504 e. The van der Waals surface area contributed by atoms with Gasteiger partial charge in [-0.25, -0.2) is 0 Å². The summed E-state index contributed by atoms with van der Waals surface area (Å²) >= 11 is 0. The molecule has 3 heterocycles. The molecule has 2 saturated carbocycles. The minimum absolute atomic E-state index is 0.0212. The highest BCUT2D eigenvalue weighted by Gasteiger charge is 2.75. The Morgan fingerprint density at radius 3 is 2.78 bits per heavy atom. The maximum Gasteiger partial charge on any atom is 0.233 e. The van der Waals surface area contributed by atoms with Gasteiger partial charge in [-0.1, -0.05) is 6.07 Å². The molecule has 2 saturated heterocycles. The van der Waals surface area contributed by atoms with Gasteiger partial charge in [0.05, 0.1) is 11.0 Å². The topological polar surface area (TPSA) is 119 Å². The van der Waals surface area contributed by atoms with E-state index in [1.807, 2.05) is 6.07 Å². The first-order chi connectivity index (χ1) is 17.2. The zero-order valence-corrected chi connectivity index (χ0v) is 20.5. The molecule has 4 fully saturated rings. The fourth-order valence-corrected chi connectivity index (χ4v) is 8.10. The van der Waals surface area contributed by atoms with Gasteiger partial charge in [-0.05, 0) is 62.6 Å². The van der Waals surface area contributed by atoms with E-state index in [-0.39, 0.29) is 41.9 Å². The third kappa shape index (κ3) is 2.87. The number of hydrogen-bond donors (Lipinski definition) is 3. The van der Waals surface area contributed by atoms with Crippen LogP contribution >= 0.6 is 0 Å². The second-order valence-corrected chi connectivity index (χ2v) is 11.9. The number of aliphatic hydroxyl groups is 1. The molecule has 1 aromatic carbocycles. The van der Waals surface area contributed by atoms with E-state index in [0.717, 1.165) is 24.2 Å². The molecule has 36 heavy (non-hydrogen) atoms. The number of nitrogens with zero attached hydrogens (tertiary/aromatic N) is 2. The van der Waals surface area contributed by atoms with Crippen molar-refractivity contribution in [2.24, 2.45) is 11.8 Å². The molecule has 6 aliphatic rings. The van der Waals surface area contributed by atoms with E-state index in [9.17, 15) is 24.6 Å². The number of aromatic hydroxyl groups is 1. The van der Waals surface area contributed by atoms with Crippen LogP contribution in [0.5, 0.6) is 11.5 Å². The van der Waals surface area contributed by atoms with Crippen LogP contribution in [0.3, 0.4) is 0 Å². The van der Waals surface area contributed by atoms with Gasteiger partial charge in [0, 0.05) is 44.2 Å². The number of carbonyl (C=O) groups is 3. The van der Waals surface area contributed by atoms with E-state index in [2.05, 4.69) is 10.2 Å². The first-order valence-corrected chi connectivity index (χ1v) is 13.3. The van der Waals surface area contributed by atoms with Crippen LogP contribution in [0.1, 0.15) is 50.2 Å². The van der Waals surface area contributed by atoms with E-state index in [0.29, 0.717) is 44.0 Å². The fourth-order valence-electron chi connectivity index (χ4n) is 8.10. The number of amides is 2. The number of piperidine rings is 1. The highest BCUT2D eigenvalue weighted by atomic mass is 16.5. The zero-order chi connectivity index (χ0) is 25.0. The minimum atomic E-state index is -1.32. The van der Waals surface area contributed by atoms with Crippen LogP contribution in [-0.2, 0) is 26.2 Å². The summed E-state index contributed by atoms with van der Waals surface area (Å²) in [5.74, 6) is -0.815. The fraction of sp³-hybridized carbons (Fsp3) is 0.667. The predicted octanol–water partition coefficient (Wildman–Crippen LogP) is 0.489. The maximum atomic E-state index is 14.0.